The summed E-state index contributed by atoms with van der Waals surface area (Å²) in [7, 11) is 0. The van der Waals surface area contributed by atoms with Crippen LogP contribution in [0, 0.1) is 19.7 Å². The first-order valence-electron chi connectivity index (χ1n) is 7.32. The largest absolute Gasteiger partial charge is 0.449 e. The highest BCUT2D eigenvalue weighted by Crippen LogP contribution is 2.22. The van der Waals surface area contributed by atoms with Gasteiger partial charge in [-0.05, 0) is 62.2 Å². The second-order valence-electron chi connectivity index (χ2n) is 5.46. The van der Waals surface area contributed by atoms with Crippen LogP contribution in [0.4, 0.5) is 10.1 Å². The van der Waals surface area contributed by atoms with Gasteiger partial charge in [0, 0.05) is 0 Å². The van der Waals surface area contributed by atoms with Gasteiger partial charge in [-0.2, -0.15) is 0 Å². The summed E-state index contributed by atoms with van der Waals surface area (Å²) in [6, 6.07) is 8.77. The highest BCUT2D eigenvalue weighted by Gasteiger charge is 2.20. The maximum Gasteiger partial charge on any atom is 0.338 e. The molecular formula is C18H17ClFNO3. The van der Waals surface area contributed by atoms with Gasteiger partial charge < -0.3 is 10.1 Å². The quantitative estimate of drug-likeness (QED) is 0.838. The summed E-state index contributed by atoms with van der Waals surface area (Å²) in [6.45, 7) is 5.28. The fourth-order valence-electron chi connectivity index (χ4n) is 1.98. The number of esters is 1. The summed E-state index contributed by atoms with van der Waals surface area (Å²) < 4.78 is 18.2. The van der Waals surface area contributed by atoms with Gasteiger partial charge in [0.25, 0.3) is 5.91 Å². The Kier molecular flexibility index (Phi) is 5.57. The third kappa shape index (κ3) is 4.32. The number of anilines is 1. The predicted octanol–water partition coefficient (Wildman–Crippen LogP) is 4.28. The van der Waals surface area contributed by atoms with Gasteiger partial charge in [0.05, 0.1) is 16.3 Å². The molecule has 0 aliphatic rings. The van der Waals surface area contributed by atoms with Crippen molar-refractivity contribution in [1.82, 2.24) is 0 Å². The zero-order valence-electron chi connectivity index (χ0n) is 13.5. The average Bonchev–Trinajstić information content (AvgIpc) is 2.52. The van der Waals surface area contributed by atoms with E-state index < -0.39 is 23.8 Å². The molecule has 0 bridgehead atoms. The number of amides is 1. The standard InChI is InChI=1S/C18H17ClFNO3/c1-10-4-5-13(8-11(10)2)18(23)24-12(3)17(22)21-16-7-6-14(20)9-15(16)19/h4-9,12H,1-3H3,(H,21,22). The zero-order chi connectivity index (χ0) is 17.9. The van der Waals surface area contributed by atoms with E-state index in [-0.39, 0.29) is 10.7 Å². The summed E-state index contributed by atoms with van der Waals surface area (Å²) in [4.78, 5) is 24.2. The van der Waals surface area contributed by atoms with Crippen molar-refractivity contribution in [2.24, 2.45) is 0 Å². The van der Waals surface area contributed by atoms with Crippen LogP contribution in [-0.2, 0) is 9.53 Å². The van der Waals surface area contributed by atoms with Gasteiger partial charge in [-0.25, -0.2) is 9.18 Å². The second kappa shape index (κ2) is 7.45. The second-order valence-corrected chi connectivity index (χ2v) is 5.87. The van der Waals surface area contributed by atoms with Gasteiger partial charge in [0.1, 0.15) is 5.82 Å². The number of rotatable bonds is 4. The summed E-state index contributed by atoms with van der Waals surface area (Å²) in [5, 5.41) is 2.57. The van der Waals surface area contributed by atoms with Crippen LogP contribution in [0.25, 0.3) is 0 Å². The lowest BCUT2D eigenvalue weighted by molar-refractivity contribution is -0.123. The number of aryl methyl sites for hydroxylation is 2. The Morgan fingerprint density at radius 1 is 1.12 bits per heavy atom. The Morgan fingerprint density at radius 2 is 1.83 bits per heavy atom. The van der Waals surface area contributed by atoms with Gasteiger partial charge in [-0.3, -0.25) is 4.79 Å². The number of nitrogens with one attached hydrogen (secondary N) is 1. The van der Waals surface area contributed by atoms with E-state index in [1.54, 1.807) is 12.1 Å². The molecule has 0 spiro atoms. The molecule has 24 heavy (non-hydrogen) atoms. The maximum absolute atomic E-state index is 13.0. The van der Waals surface area contributed by atoms with Gasteiger partial charge in [-0.1, -0.05) is 17.7 Å². The molecule has 2 aromatic rings. The van der Waals surface area contributed by atoms with E-state index in [9.17, 15) is 14.0 Å². The molecule has 0 fully saturated rings. The summed E-state index contributed by atoms with van der Waals surface area (Å²) in [6.07, 6.45) is -1.03. The summed E-state index contributed by atoms with van der Waals surface area (Å²) in [5.41, 5.74) is 2.64. The van der Waals surface area contributed by atoms with Crippen LogP contribution in [0.2, 0.25) is 5.02 Å². The molecule has 126 valence electrons. The van der Waals surface area contributed by atoms with Crippen LogP contribution < -0.4 is 5.32 Å². The fourth-order valence-corrected chi connectivity index (χ4v) is 2.19. The molecule has 0 aliphatic heterocycles. The van der Waals surface area contributed by atoms with Crippen LogP contribution in [0.3, 0.4) is 0 Å². The van der Waals surface area contributed by atoms with Crippen molar-refractivity contribution in [1.29, 1.82) is 0 Å². The zero-order valence-corrected chi connectivity index (χ0v) is 14.3. The van der Waals surface area contributed by atoms with E-state index in [0.717, 1.165) is 17.2 Å². The van der Waals surface area contributed by atoms with Gasteiger partial charge in [0.15, 0.2) is 6.10 Å². The number of hydrogen-bond donors (Lipinski definition) is 1. The van der Waals surface area contributed by atoms with E-state index in [2.05, 4.69) is 5.32 Å². The number of benzene rings is 2. The molecule has 1 atom stereocenters. The minimum atomic E-state index is -1.03. The fraction of sp³-hybridized carbons (Fsp3) is 0.222. The molecule has 4 nitrogen and oxygen atoms in total. The van der Waals surface area contributed by atoms with E-state index in [0.29, 0.717) is 5.56 Å². The molecule has 0 aromatic heterocycles. The number of carbonyl (C=O) groups is 2. The average molecular weight is 350 g/mol. The molecule has 0 heterocycles. The monoisotopic (exact) mass is 349 g/mol. The number of ether oxygens (including phenoxy) is 1. The molecule has 1 unspecified atom stereocenters. The predicted molar refractivity (Wildman–Crippen MR) is 90.8 cm³/mol. The smallest absolute Gasteiger partial charge is 0.338 e. The van der Waals surface area contributed by atoms with Gasteiger partial charge in [-0.15, -0.1) is 0 Å². The molecule has 2 rings (SSSR count). The third-order valence-corrected chi connectivity index (χ3v) is 3.90. The van der Waals surface area contributed by atoms with Crippen molar-refractivity contribution in [2.45, 2.75) is 26.9 Å². The van der Waals surface area contributed by atoms with Crippen molar-refractivity contribution in [3.05, 3.63) is 63.9 Å². The maximum atomic E-state index is 13.0. The van der Waals surface area contributed by atoms with Crippen molar-refractivity contribution >= 4 is 29.2 Å². The van der Waals surface area contributed by atoms with E-state index in [1.807, 2.05) is 19.9 Å². The topological polar surface area (TPSA) is 55.4 Å². The van der Waals surface area contributed by atoms with Crippen molar-refractivity contribution in [3.63, 3.8) is 0 Å². The molecule has 1 amide bonds. The minimum absolute atomic E-state index is 0.0658. The summed E-state index contributed by atoms with van der Waals surface area (Å²) >= 11 is 5.85. The molecule has 0 radical (unpaired) electrons. The molecule has 0 saturated heterocycles. The highest BCUT2D eigenvalue weighted by atomic mass is 35.5. The van der Waals surface area contributed by atoms with Gasteiger partial charge >= 0.3 is 5.97 Å². The molecule has 2 aromatic carbocycles. The van der Waals surface area contributed by atoms with Crippen LogP contribution in [0.1, 0.15) is 28.4 Å². The first kappa shape index (κ1) is 17.9. The third-order valence-electron chi connectivity index (χ3n) is 3.58. The van der Waals surface area contributed by atoms with E-state index >= 15 is 0 Å². The molecule has 0 aliphatic carbocycles. The van der Waals surface area contributed by atoms with Crippen molar-refractivity contribution < 1.29 is 18.7 Å². The Bertz CT molecular complexity index is 792. The normalized spacial score (nSPS) is 11.7. The van der Waals surface area contributed by atoms with Crippen LogP contribution in [0.5, 0.6) is 0 Å². The lowest BCUT2D eigenvalue weighted by Crippen LogP contribution is -2.30. The lowest BCUT2D eigenvalue weighted by Gasteiger charge is -2.14. The van der Waals surface area contributed by atoms with E-state index in [4.69, 9.17) is 16.3 Å². The first-order valence-corrected chi connectivity index (χ1v) is 7.70. The van der Waals surface area contributed by atoms with Crippen molar-refractivity contribution in [2.75, 3.05) is 5.32 Å². The highest BCUT2D eigenvalue weighted by molar-refractivity contribution is 6.33. The minimum Gasteiger partial charge on any atom is -0.449 e. The van der Waals surface area contributed by atoms with Crippen molar-refractivity contribution in [3.8, 4) is 0 Å². The van der Waals surface area contributed by atoms with Crippen LogP contribution >= 0.6 is 11.6 Å². The van der Waals surface area contributed by atoms with Crippen LogP contribution in [-0.4, -0.2) is 18.0 Å². The van der Waals surface area contributed by atoms with Crippen LogP contribution in [0.15, 0.2) is 36.4 Å². The Labute approximate surface area is 144 Å². The van der Waals surface area contributed by atoms with E-state index in [1.165, 1.54) is 19.1 Å². The number of hydrogen-bond acceptors (Lipinski definition) is 3. The number of halogens is 2. The molecular weight excluding hydrogens is 333 g/mol. The number of carbonyl (C=O) groups excluding carboxylic acids is 2. The SMILES string of the molecule is Cc1ccc(C(=O)OC(C)C(=O)Nc2ccc(F)cc2Cl)cc1C. The Morgan fingerprint density at radius 3 is 2.46 bits per heavy atom. The Hall–Kier alpha value is -2.40. The first-order chi connectivity index (χ1) is 11.3. The Balaban J connectivity index is 2.02. The molecule has 1 N–H and O–H groups in total. The molecule has 6 heteroatoms. The lowest BCUT2D eigenvalue weighted by atomic mass is 10.1. The molecule has 0 saturated carbocycles. The summed E-state index contributed by atoms with van der Waals surface area (Å²) in [5.74, 6) is -1.65. The van der Waals surface area contributed by atoms with Gasteiger partial charge in [0.2, 0.25) is 0 Å².